The van der Waals surface area contributed by atoms with Crippen LogP contribution < -0.4 is 5.32 Å². The fraction of sp³-hybridized carbons (Fsp3) is 0.429. The van der Waals surface area contributed by atoms with Crippen molar-refractivity contribution in [3.8, 4) is 0 Å². The number of ether oxygens (including phenoxy) is 1. The normalized spacial score (nSPS) is 15.6. The third kappa shape index (κ3) is 3.93. The largest absolute Gasteiger partial charge is 0.452 e. The second kappa shape index (κ2) is 6.22. The van der Waals surface area contributed by atoms with Gasteiger partial charge in [-0.15, -0.1) is 0 Å². The molecule has 0 unspecified atom stereocenters. The molecule has 1 aliphatic carbocycles. The van der Waals surface area contributed by atoms with Crippen LogP contribution in [0.15, 0.2) is 18.2 Å². The molecule has 1 atom stereocenters. The van der Waals surface area contributed by atoms with E-state index in [-0.39, 0.29) is 22.5 Å². The van der Waals surface area contributed by atoms with Crippen molar-refractivity contribution < 1.29 is 18.7 Å². The Bertz CT molecular complexity index is 531. The molecule has 1 aromatic rings. The molecule has 108 valence electrons. The van der Waals surface area contributed by atoms with Crippen molar-refractivity contribution in [2.75, 3.05) is 6.61 Å². The van der Waals surface area contributed by atoms with Gasteiger partial charge in [-0.3, -0.25) is 4.79 Å². The van der Waals surface area contributed by atoms with Crippen molar-refractivity contribution in [2.24, 2.45) is 5.92 Å². The van der Waals surface area contributed by atoms with Crippen molar-refractivity contribution in [3.63, 3.8) is 0 Å². The number of hydrogen-bond donors (Lipinski definition) is 1. The van der Waals surface area contributed by atoms with Crippen LogP contribution in [0.5, 0.6) is 0 Å². The molecule has 6 heteroatoms. The van der Waals surface area contributed by atoms with Gasteiger partial charge in [0, 0.05) is 11.1 Å². The number of hydrogen-bond acceptors (Lipinski definition) is 3. The highest BCUT2D eigenvalue weighted by Crippen LogP contribution is 2.32. The molecule has 20 heavy (non-hydrogen) atoms. The maximum Gasteiger partial charge on any atom is 0.341 e. The molecule has 1 N–H and O–H groups in total. The van der Waals surface area contributed by atoms with Crippen LogP contribution in [0.25, 0.3) is 0 Å². The number of amides is 1. The van der Waals surface area contributed by atoms with Crippen LogP contribution in [0.4, 0.5) is 4.39 Å². The van der Waals surface area contributed by atoms with Crippen molar-refractivity contribution >= 4 is 23.5 Å². The molecule has 2 rings (SSSR count). The number of carbonyl (C=O) groups excluding carboxylic acids is 2. The van der Waals surface area contributed by atoms with Gasteiger partial charge >= 0.3 is 5.97 Å². The monoisotopic (exact) mass is 299 g/mol. The molecule has 0 spiro atoms. The predicted octanol–water partition coefficient (Wildman–Crippen LogP) is 2.55. The average molecular weight is 300 g/mol. The summed E-state index contributed by atoms with van der Waals surface area (Å²) >= 11 is 5.68. The Kier molecular flexibility index (Phi) is 4.60. The zero-order chi connectivity index (χ0) is 14.7. The lowest BCUT2D eigenvalue weighted by Gasteiger charge is -2.12. The first kappa shape index (κ1) is 14.8. The third-order valence-corrected chi connectivity index (χ3v) is 3.44. The van der Waals surface area contributed by atoms with Crippen molar-refractivity contribution in [1.82, 2.24) is 5.32 Å². The van der Waals surface area contributed by atoms with Crippen LogP contribution in [0.2, 0.25) is 5.02 Å². The Labute approximate surface area is 121 Å². The number of halogens is 2. The summed E-state index contributed by atoms with van der Waals surface area (Å²) in [7, 11) is 0. The van der Waals surface area contributed by atoms with Gasteiger partial charge in [-0.2, -0.15) is 0 Å². The average Bonchev–Trinajstić information content (AvgIpc) is 3.23. The van der Waals surface area contributed by atoms with Gasteiger partial charge in [-0.05, 0) is 43.9 Å². The summed E-state index contributed by atoms with van der Waals surface area (Å²) in [4.78, 5) is 23.2. The lowest BCUT2D eigenvalue weighted by Crippen LogP contribution is -2.37. The van der Waals surface area contributed by atoms with E-state index in [2.05, 4.69) is 5.32 Å². The zero-order valence-corrected chi connectivity index (χ0v) is 11.7. The number of benzene rings is 1. The van der Waals surface area contributed by atoms with Gasteiger partial charge in [0.1, 0.15) is 5.82 Å². The summed E-state index contributed by atoms with van der Waals surface area (Å²) in [5.74, 6) is -1.51. The van der Waals surface area contributed by atoms with Gasteiger partial charge in [0.2, 0.25) is 0 Å². The predicted molar refractivity (Wildman–Crippen MR) is 72.0 cm³/mol. The van der Waals surface area contributed by atoms with E-state index in [1.165, 1.54) is 12.1 Å². The number of nitrogens with one attached hydrogen (secondary N) is 1. The number of carbonyl (C=O) groups is 2. The second-order valence-corrected chi connectivity index (χ2v) is 5.33. The molecule has 0 bridgehead atoms. The lowest BCUT2D eigenvalue weighted by molar-refractivity contribution is -0.125. The van der Waals surface area contributed by atoms with Crippen molar-refractivity contribution in [2.45, 2.75) is 25.8 Å². The fourth-order valence-corrected chi connectivity index (χ4v) is 2.04. The standard InChI is InChI=1S/C14H15ClFNO3/c1-8(9-2-3-9)17-13(18)7-20-14(19)11-6-10(15)4-5-12(11)16/h4-6,8-9H,2-3,7H2,1H3,(H,17,18)/t8-/m0/s1. The zero-order valence-electron chi connectivity index (χ0n) is 11.0. The molecular formula is C14H15ClFNO3. The van der Waals surface area contributed by atoms with Crippen LogP contribution in [0.3, 0.4) is 0 Å². The molecule has 1 aliphatic rings. The van der Waals surface area contributed by atoms with E-state index in [1.54, 1.807) is 0 Å². The van der Waals surface area contributed by atoms with E-state index in [9.17, 15) is 14.0 Å². The highest BCUT2D eigenvalue weighted by Gasteiger charge is 2.29. The van der Waals surface area contributed by atoms with Gasteiger partial charge in [-0.1, -0.05) is 11.6 Å². The van der Waals surface area contributed by atoms with Crippen LogP contribution in [0, 0.1) is 11.7 Å². The van der Waals surface area contributed by atoms with Gasteiger partial charge in [0.15, 0.2) is 6.61 Å². The van der Waals surface area contributed by atoms with E-state index in [0.29, 0.717) is 5.92 Å². The van der Waals surface area contributed by atoms with Gasteiger partial charge in [0.25, 0.3) is 5.91 Å². The van der Waals surface area contributed by atoms with Gasteiger partial charge in [0.05, 0.1) is 5.56 Å². The van der Waals surface area contributed by atoms with E-state index in [0.717, 1.165) is 18.9 Å². The summed E-state index contributed by atoms with van der Waals surface area (Å²) in [6.45, 7) is 1.48. The van der Waals surface area contributed by atoms with Crippen molar-refractivity contribution in [1.29, 1.82) is 0 Å². The summed E-state index contributed by atoms with van der Waals surface area (Å²) in [5, 5.41) is 2.97. The van der Waals surface area contributed by atoms with Crippen LogP contribution in [0.1, 0.15) is 30.1 Å². The fourth-order valence-electron chi connectivity index (χ4n) is 1.87. The molecule has 1 amide bonds. The highest BCUT2D eigenvalue weighted by atomic mass is 35.5. The SMILES string of the molecule is C[C@H](NC(=O)COC(=O)c1cc(Cl)ccc1F)C1CC1. The first-order valence-corrected chi connectivity index (χ1v) is 6.76. The first-order chi connectivity index (χ1) is 9.47. The summed E-state index contributed by atoms with van der Waals surface area (Å²) in [5.41, 5.74) is -0.277. The van der Waals surface area contributed by atoms with E-state index < -0.39 is 18.4 Å². The molecule has 0 aromatic heterocycles. The Morgan fingerprint density at radius 2 is 2.20 bits per heavy atom. The Morgan fingerprint density at radius 3 is 2.85 bits per heavy atom. The van der Waals surface area contributed by atoms with E-state index in [1.807, 2.05) is 6.92 Å². The Hall–Kier alpha value is -1.62. The lowest BCUT2D eigenvalue weighted by atomic mass is 10.2. The molecule has 0 heterocycles. The van der Waals surface area contributed by atoms with Crippen molar-refractivity contribution in [3.05, 3.63) is 34.6 Å². The Balaban J connectivity index is 1.85. The molecule has 0 aliphatic heterocycles. The third-order valence-electron chi connectivity index (χ3n) is 3.20. The molecule has 0 saturated heterocycles. The molecular weight excluding hydrogens is 285 g/mol. The first-order valence-electron chi connectivity index (χ1n) is 6.39. The summed E-state index contributed by atoms with van der Waals surface area (Å²) in [6.07, 6.45) is 2.21. The maximum atomic E-state index is 13.4. The molecule has 0 radical (unpaired) electrons. The Morgan fingerprint density at radius 1 is 1.50 bits per heavy atom. The quantitative estimate of drug-likeness (QED) is 0.850. The molecule has 1 fully saturated rings. The number of rotatable bonds is 5. The minimum Gasteiger partial charge on any atom is -0.452 e. The minimum atomic E-state index is -0.903. The summed E-state index contributed by atoms with van der Waals surface area (Å²) < 4.78 is 18.2. The van der Waals surface area contributed by atoms with E-state index in [4.69, 9.17) is 16.3 Å². The van der Waals surface area contributed by atoms with E-state index >= 15 is 0 Å². The minimum absolute atomic E-state index is 0.0732. The van der Waals surface area contributed by atoms with Crippen LogP contribution >= 0.6 is 11.6 Å². The van der Waals surface area contributed by atoms with Crippen LogP contribution in [-0.4, -0.2) is 24.5 Å². The molecule has 4 nitrogen and oxygen atoms in total. The molecule has 1 saturated carbocycles. The van der Waals surface area contributed by atoms with Gasteiger partial charge in [-0.25, -0.2) is 9.18 Å². The highest BCUT2D eigenvalue weighted by molar-refractivity contribution is 6.30. The number of esters is 1. The second-order valence-electron chi connectivity index (χ2n) is 4.89. The van der Waals surface area contributed by atoms with Crippen LogP contribution in [-0.2, 0) is 9.53 Å². The maximum absolute atomic E-state index is 13.4. The topological polar surface area (TPSA) is 55.4 Å². The summed E-state index contributed by atoms with van der Waals surface area (Å²) in [6, 6.07) is 3.65. The van der Waals surface area contributed by atoms with Gasteiger partial charge < -0.3 is 10.1 Å². The molecule has 1 aromatic carbocycles. The smallest absolute Gasteiger partial charge is 0.341 e.